The average Bonchev–Trinajstić information content (AvgIpc) is 3.53. The molecule has 0 N–H and O–H groups in total. The van der Waals surface area contributed by atoms with Crippen molar-refractivity contribution in [1.29, 1.82) is 0 Å². The van der Waals surface area contributed by atoms with E-state index in [2.05, 4.69) is 199 Å². The summed E-state index contributed by atoms with van der Waals surface area (Å²) in [6, 6.07) is 31.0. The molecule has 310 valence electrons. The van der Waals surface area contributed by atoms with Crippen LogP contribution in [0.3, 0.4) is 0 Å². The van der Waals surface area contributed by atoms with E-state index in [0.29, 0.717) is 0 Å². The molecule has 9 rings (SSSR count). The normalized spacial score (nSPS) is 17.0. The maximum absolute atomic E-state index is 5.77. The highest BCUT2D eigenvalue weighted by Crippen LogP contribution is 2.51. The summed E-state index contributed by atoms with van der Waals surface area (Å²) >= 11 is 1.97. The van der Waals surface area contributed by atoms with Crippen molar-refractivity contribution in [1.82, 2.24) is 9.97 Å². The minimum atomic E-state index is -0.300. The minimum absolute atomic E-state index is 0.0283. The van der Waals surface area contributed by atoms with Gasteiger partial charge in [-0.25, -0.2) is 9.97 Å². The summed E-state index contributed by atoms with van der Waals surface area (Å²) in [4.78, 5) is 16.5. The zero-order valence-corrected chi connectivity index (χ0v) is 40.0. The van der Waals surface area contributed by atoms with Gasteiger partial charge in [-0.3, -0.25) is 9.80 Å². The first-order chi connectivity index (χ1) is 27.8. The van der Waals surface area contributed by atoms with Gasteiger partial charge in [0.15, 0.2) is 0 Å². The van der Waals surface area contributed by atoms with Gasteiger partial charge in [0, 0.05) is 42.8 Å². The van der Waals surface area contributed by atoms with Crippen molar-refractivity contribution in [2.45, 2.75) is 156 Å². The molecule has 6 aromatic rings. The monoisotopic (exact) mass is 813 g/mol. The Hall–Kier alpha value is -4.42. The fraction of sp³-hybridized carbons (Fsp3) is 0.444. The lowest BCUT2D eigenvalue weighted by Crippen LogP contribution is -2.61. The van der Waals surface area contributed by atoms with Crippen LogP contribution in [0.4, 0.5) is 34.4 Å². The van der Waals surface area contributed by atoms with E-state index in [1.807, 2.05) is 11.3 Å². The molecule has 6 heteroatoms. The standard InChI is InChI=1S/C54H65BN4S/c1-49(2,3)32-17-21-35(22-18-32)58-41-26-20-33(50(4,5)6)29-40(41)55-43-46(58)56-48(52(10,11)12)57-47(43)59(36-23-25-38-39(31-36)54(15,16)28-27-53(38,13)14)44-37-24-19-34(51(7,8)9)30-42(37)60-45(44)55/h17-26,29-31H,27-28H2,1-16H3. The van der Waals surface area contributed by atoms with E-state index in [-0.39, 0.29) is 39.2 Å². The zero-order chi connectivity index (χ0) is 43.3. The van der Waals surface area contributed by atoms with Crippen molar-refractivity contribution in [3.05, 3.63) is 113 Å². The zero-order valence-electron chi connectivity index (χ0n) is 39.2. The van der Waals surface area contributed by atoms with Crippen molar-refractivity contribution in [2.24, 2.45) is 0 Å². The summed E-state index contributed by atoms with van der Waals surface area (Å²) < 4.78 is 2.69. The molecule has 2 aromatic heterocycles. The third-order valence-electron chi connectivity index (χ3n) is 13.9. The lowest BCUT2D eigenvalue weighted by Gasteiger charge is -2.44. The number of hydrogen-bond acceptors (Lipinski definition) is 5. The highest BCUT2D eigenvalue weighted by Gasteiger charge is 2.48. The van der Waals surface area contributed by atoms with Crippen LogP contribution in [0.25, 0.3) is 10.1 Å². The molecule has 2 aliphatic heterocycles. The summed E-state index contributed by atoms with van der Waals surface area (Å²) in [7, 11) is 0. The first-order valence-electron chi connectivity index (χ1n) is 22.3. The average molecular weight is 813 g/mol. The smallest absolute Gasteiger partial charge is 0.268 e. The Balaban J connectivity index is 1.42. The quantitative estimate of drug-likeness (QED) is 0.163. The number of aromatic nitrogens is 2. The number of benzene rings is 4. The fourth-order valence-corrected chi connectivity index (χ4v) is 11.2. The van der Waals surface area contributed by atoms with E-state index in [9.17, 15) is 0 Å². The predicted octanol–water partition coefficient (Wildman–Crippen LogP) is 13.3. The van der Waals surface area contributed by atoms with E-state index in [1.165, 1.54) is 77.1 Å². The summed E-state index contributed by atoms with van der Waals surface area (Å²) in [5, 5.41) is 1.29. The molecule has 4 heterocycles. The molecule has 0 amide bonds. The molecule has 60 heavy (non-hydrogen) atoms. The van der Waals surface area contributed by atoms with E-state index < -0.39 is 0 Å². The summed E-state index contributed by atoms with van der Waals surface area (Å²) in [5.74, 6) is 2.83. The van der Waals surface area contributed by atoms with Crippen LogP contribution in [-0.4, -0.2) is 16.7 Å². The summed E-state index contributed by atoms with van der Waals surface area (Å²) in [5.41, 5.74) is 14.1. The summed E-state index contributed by atoms with van der Waals surface area (Å²) in [6.45, 7) is 37.3. The lowest BCUT2D eigenvalue weighted by atomic mass is 9.36. The molecule has 0 atom stereocenters. The van der Waals surface area contributed by atoms with E-state index in [1.54, 1.807) is 0 Å². The van der Waals surface area contributed by atoms with Gasteiger partial charge in [0.1, 0.15) is 17.5 Å². The van der Waals surface area contributed by atoms with Crippen molar-refractivity contribution >= 4 is 78.2 Å². The largest absolute Gasteiger partial charge is 0.296 e. The van der Waals surface area contributed by atoms with Crippen LogP contribution >= 0.6 is 11.3 Å². The topological polar surface area (TPSA) is 32.3 Å². The second kappa shape index (κ2) is 13.1. The Kier molecular flexibility index (Phi) is 8.91. The van der Waals surface area contributed by atoms with Crippen molar-refractivity contribution in [3.63, 3.8) is 0 Å². The highest BCUT2D eigenvalue weighted by molar-refractivity contribution is 7.33. The van der Waals surface area contributed by atoms with Gasteiger partial charge in [-0.15, -0.1) is 11.3 Å². The van der Waals surface area contributed by atoms with Crippen LogP contribution in [0.15, 0.2) is 78.9 Å². The van der Waals surface area contributed by atoms with Crippen molar-refractivity contribution < 1.29 is 0 Å². The van der Waals surface area contributed by atoms with E-state index >= 15 is 0 Å². The van der Waals surface area contributed by atoms with Crippen LogP contribution in [-0.2, 0) is 32.5 Å². The van der Waals surface area contributed by atoms with Crippen LogP contribution < -0.4 is 25.5 Å². The van der Waals surface area contributed by atoms with Gasteiger partial charge < -0.3 is 0 Å². The number of nitrogens with zero attached hydrogens (tertiary/aromatic N) is 4. The maximum Gasteiger partial charge on any atom is 0.268 e. The van der Waals surface area contributed by atoms with Gasteiger partial charge in [-0.05, 0) is 110 Å². The third-order valence-corrected chi connectivity index (χ3v) is 15.1. The van der Waals surface area contributed by atoms with Crippen LogP contribution in [0.5, 0.6) is 0 Å². The fourth-order valence-electron chi connectivity index (χ4n) is 9.82. The maximum atomic E-state index is 5.77. The molecule has 0 saturated carbocycles. The first kappa shape index (κ1) is 41.0. The molecule has 1 aliphatic carbocycles. The van der Waals surface area contributed by atoms with Gasteiger partial charge in [-0.1, -0.05) is 153 Å². The van der Waals surface area contributed by atoms with E-state index in [4.69, 9.17) is 9.97 Å². The Bertz CT molecular complexity index is 2710. The second-order valence-corrected chi connectivity index (χ2v) is 24.6. The number of rotatable bonds is 2. The van der Waals surface area contributed by atoms with E-state index in [0.717, 1.165) is 29.6 Å². The predicted molar refractivity (Wildman–Crippen MR) is 262 cm³/mol. The van der Waals surface area contributed by atoms with Crippen molar-refractivity contribution in [3.8, 4) is 0 Å². The highest BCUT2D eigenvalue weighted by atomic mass is 32.1. The molecule has 0 saturated heterocycles. The summed E-state index contributed by atoms with van der Waals surface area (Å²) in [6.07, 6.45) is 2.34. The molecular weight excluding hydrogens is 748 g/mol. The van der Waals surface area contributed by atoms with Gasteiger partial charge in [-0.2, -0.15) is 0 Å². The third kappa shape index (κ3) is 6.45. The minimum Gasteiger partial charge on any atom is -0.296 e. The Morgan fingerprint density at radius 3 is 1.68 bits per heavy atom. The molecular formula is C54H65BN4S. The number of fused-ring (bicyclic) bond motifs is 7. The number of hydrogen-bond donors (Lipinski definition) is 0. The molecule has 3 aliphatic rings. The van der Waals surface area contributed by atoms with Crippen LogP contribution in [0.1, 0.15) is 157 Å². The van der Waals surface area contributed by atoms with Crippen LogP contribution in [0, 0.1) is 0 Å². The molecule has 0 fully saturated rings. The van der Waals surface area contributed by atoms with Gasteiger partial charge in [0.05, 0.1) is 5.69 Å². The first-order valence-corrected chi connectivity index (χ1v) is 23.1. The molecule has 0 radical (unpaired) electrons. The van der Waals surface area contributed by atoms with Crippen LogP contribution in [0.2, 0.25) is 0 Å². The molecule has 0 spiro atoms. The van der Waals surface area contributed by atoms with Gasteiger partial charge in [0.2, 0.25) is 0 Å². The van der Waals surface area contributed by atoms with Gasteiger partial charge >= 0.3 is 0 Å². The molecule has 4 aromatic carbocycles. The molecule has 0 bridgehead atoms. The Morgan fingerprint density at radius 2 is 1.08 bits per heavy atom. The number of anilines is 6. The lowest BCUT2D eigenvalue weighted by molar-refractivity contribution is 0.332. The molecule has 4 nitrogen and oxygen atoms in total. The Morgan fingerprint density at radius 1 is 0.550 bits per heavy atom. The number of thiophene rings is 1. The van der Waals surface area contributed by atoms with Gasteiger partial charge in [0.25, 0.3) is 6.71 Å². The van der Waals surface area contributed by atoms with Crippen molar-refractivity contribution in [2.75, 3.05) is 9.80 Å². The Labute approximate surface area is 365 Å². The molecule has 0 unspecified atom stereocenters. The second-order valence-electron chi connectivity index (χ2n) is 23.6. The SMILES string of the molecule is CC(C)(C)c1ccc(N2c3ccc(C(C)(C)C)cc3B3c4sc5cc(C(C)(C)C)ccc5c4N(c4ccc5c(c4)C(C)(C)CCC5(C)C)c4nc(C(C)(C)C)nc2c43)cc1.